The third kappa shape index (κ3) is 4.35. The van der Waals surface area contributed by atoms with Crippen LogP contribution in [0.4, 0.5) is 4.39 Å². The van der Waals surface area contributed by atoms with Crippen molar-refractivity contribution in [3.63, 3.8) is 0 Å². The number of rotatable bonds is 5. The maximum atomic E-state index is 13.3. The number of hydrogen-bond donors (Lipinski definition) is 2. The molecule has 2 N–H and O–H groups in total. The first kappa shape index (κ1) is 18.0. The Kier molecular flexibility index (Phi) is 5.51. The first-order valence-electron chi connectivity index (χ1n) is 6.57. The van der Waals surface area contributed by atoms with Gasteiger partial charge in [-0.3, -0.25) is 0 Å². The highest BCUT2D eigenvalue weighted by Gasteiger charge is 2.15. The summed E-state index contributed by atoms with van der Waals surface area (Å²) in [5, 5.41) is 19.0. The Balaban J connectivity index is 2.45. The Bertz CT molecular complexity index is 822. The van der Waals surface area contributed by atoms with Crippen molar-refractivity contribution in [1.29, 1.82) is 0 Å². The molecule has 0 saturated heterocycles. The molecule has 0 heterocycles. The summed E-state index contributed by atoms with van der Waals surface area (Å²) < 4.78 is 36.4. The molecular weight excluding hydrogens is 338 g/mol. The number of halogens is 1. The fourth-order valence-corrected chi connectivity index (χ4v) is 3.70. The molecule has 0 bridgehead atoms. The second-order valence-corrected chi connectivity index (χ2v) is 8.03. The zero-order valence-corrected chi connectivity index (χ0v) is 13.9. The number of benzene rings is 2. The monoisotopic (exact) mass is 352 g/mol. The van der Waals surface area contributed by atoms with Gasteiger partial charge in [0.1, 0.15) is 13.7 Å². The Labute approximate surface area is 139 Å². The summed E-state index contributed by atoms with van der Waals surface area (Å²) >= 11 is 1.16. The summed E-state index contributed by atoms with van der Waals surface area (Å²) in [6, 6.07) is 6.87. The van der Waals surface area contributed by atoms with Gasteiger partial charge in [-0.15, -0.1) is 0 Å². The second kappa shape index (κ2) is 7.04. The highest BCUT2D eigenvalue weighted by molar-refractivity contribution is 7.99. The molecule has 0 saturated carbocycles. The zero-order valence-electron chi connectivity index (χ0n) is 12.2. The van der Waals surface area contributed by atoms with E-state index in [-0.39, 0.29) is 17.1 Å². The molecule has 0 aliphatic rings. The van der Waals surface area contributed by atoms with Crippen LogP contribution < -0.4 is 0 Å². The van der Waals surface area contributed by atoms with Gasteiger partial charge < -0.3 is 10.2 Å². The van der Waals surface area contributed by atoms with Crippen LogP contribution in [0.2, 0.25) is 0 Å². The lowest BCUT2D eigenvalue weighted by molar-refractivity contribution is 0.258. The van der Waals surface area contributed by atoms with Gasteiger partial charge in [0.05, 0.1) is 11.5 Å². The Morgan fingerprint density at radius 1 is 1.22 bits per heavy atom. The van der Waals surface area contributed by atoms with Gasteiger partial charge in [0.25, 0.3) is 0 Å². The lowest BCUT2D eigenvalue weighted by Crippen LogP contribution is -2.01. The molecule has 4 nitrogen and oxygen atoms in total. The smallest absolute Gasteiger partial charge is 0.175 e. The van der Waals surface area contributed by atoms with Crippen molar-refractivity contribution in [2.45, 2.75) is 27.3 Å². The summed E-state index contributed by atoms with van der Waals surface area (Å²) in [4.78, 5) is 1.21. The SMILES string of the molecule is [B]C(O)c1cc(F)ccc1Sc1ccc(S(C)(=O)=O)cc1CO. The van der Waals surface area contributed by atoms with Crippen molar-refractivity contribution in [2.75, 3.05) is 6.26 Å². The molecule has 8 heteroatoms. The average Bonchev–Trinajstić information content (AvgIpc) is 2.48. The van der Waals surface area contributed by atoms with Crippen LogP contribution in [0.5, 0.6) is 0 Å². The highest BCUT2D eigenvalue weighted by atomic mass is 32.2. The normalized spacial score (nSPS) is 13.0. The van der Waals surface area contributed by atoms with E-state index < -0.39 is 21.7 Å². The molecule has 1 unspecified atom stereocenters. The predicted molar refractivity (Wildman–Crippen MR) is 86.7 cm³/mol. The summed E-state index contributed by atoms with van der Waals surface area (Å²) in [6.45, 7) is -0.354. The third-order valence-electron chi connectivity index (χ3n) is 3.14. The van der Waals surface area contributed by atoms with Crippen LogP contribution in [-0.2, 0) is 16.4 Å². The second-order valence-electron chi connectivity index (χ2n) is 4.93. The van der Waals surface area contributed by atoms with Crippen LogP contribution in [0.15, 0.2) is 51.1 Å². The average molecular weight is 352 g/mol. The Morgan fingerprint density at radius 3 is 2.43 bits per heavy atom. The van der Waals surface area contributed by atoms with Crippen LogP contribution in [0, 0.1) is 5.82 Å². The molecule has 0 spiro atoms. The van der Waals surface area contributed by atoms with E-state index in [0.29, 0.717) is 15.4 Å². The number of aliphatic hydroxyl groups excluding tert-OH is 2. The van der Waals surface area contributed by atoms with Gasteiger partial charge in [-0.25, -0.2) is 12.8 Å². The minimum Gasteiger partial charge on any atom is -0.398 e. The minimum absolute atomic E-state index is 0.101. The van der Waals surface area contributed by atoms with Crippen LogP contribution >= 0.6 is 11.8 Å². The quantitative estimate of drug-likeness (QED) is 0.806. The molecule has 0 amide bonds. The van der Waals surface area contributed by atoms with Crippen LogP contribution in [0.3, 0.4) is 0 Å². The third-order valence-corrected chi connectivity index (χ3v) is 5.46. The first-order valence-corrected chi connectivity index (χ1v) is 9.28. The number of aliphatic hydroxyl groups is 2. The molecule has 0 aliphatic carbocycles. The molecule has 0 aromatic heterocycles. The summed E-state index contributed by atoms with van der Waals surface area (Å²) in [5.41, 5.74) is 0.630. The summed E-state index contributed by atoms with van der Waals surface area (Å²) in [5.74, 6) is -0.524. The standard InChI is InChI=1S/C15H14BFO4S2/c1-23(20,21)11-3-5-13(9(6-11)8-18)22-14-4-2-10(17)7-12(14)15(16)19/h2-7,15,18-19H,8H2,1H3. The van der Waals surface area contributed by atoms with Crippen molar-refractivity contribution >= 4 is 29.4 Å². The zero-order chi connectivity index (χ0) is 17.2. The van der Waals surface area contributed by atoms with Gasteiger partial charge in [-0.2, -0.15) is 0 Å². The first-order chi connectivity index (χ1) is 10.7. The van der Waals surface area contributed by atoms with Gasteiger partial charge in [0, 0.05) is 22.1 Å². The molecule has 23 heavy (non-hydrogen) atoms. The van der Waals surface area contributed by atoms with Crippen molar-refractivity contribution in [3.05, 3.63) is 53.3 Å². The van der Waals surface area contributed by atoms with Crippen molar-refractivity contribution in [2.24, 2.45) is 0 Å². The number of sulfone groups is 1. The van der Waals surface area contributed by atoms with Gasteiger partial charge in [0.2, 0.25) is 0 Å². The molecular formula is C15H14BFO4S2. The van der Waals surface area contributed by atoms with Gasteiger partial charge in [-0.05, 0) is 47.5 Å². The molecule has 0 aliphatic heterocycles. The van der Waals surface area contributed by atoms with E-state index >= 15 is 0 Å². The highest BCUT2D eigenvalue weighted by Crippen LogP contribution is 2.36. The molecule has 2 rings (SSSR count). The Morgan fingerprint density at radius 2 is 1.87 bits per heavy atom. The van der Waals surface area contributed by atoms with E-state index in [1.54, 1.807) is 6.07 Å². The fourth-order valence-electron chi connectivity index (χ4n) is 1.97. The maximum absolute atomic E-state index is 13.3. The Hall–Kier alpha value is -1.35. The van der Waals surface area contributed by atoms with Gasteiger partial charge in [0.15, 0.2) is 9.84 Å². The lowest BCUT2D eigenvalue weighted by atomic mass is 9.92. The number of hydrogen-bond acceptors (Lipinski definition) is 5. The van der Waals surface area contributed by atoms with Crippen LogP contribution in [-0.4, -0.2) is 32.7 Å². The summed E-state index contributed by atoms with van der Waals surface area (Å²) in [6.07, 6.45) is 1.08. The largest absolute Gasteiger partial charge is 0.398 e. The van der Waals surface area contributed by atoms with Crippen molar-refractivity contribution in [1.82, 2.24) is 0 Å². The van der Waals surface area contributed by atoms with E-state index in [1.807, 2.05) is 0 Å². The van der Waals surface area contributed by atoms with Crippen LogP contribution in [0.25, 0.3) is 0 Å². The molecule has 0 fully saturated rings. The van der Waals surface area contributed by atoms with Crippen LogP contribution in [0.1, 0.15) is 17.1 Å². The fraction of sp³-hybridized carbons (Fsp3) is 0.200. The molecule has 2 aromatic rings. The topological polar surface area (TPSA) is 74.6 Å². The maximum Gasteiger partial charge on any atom is 0.175 e. The van der Waals surface area contributed by atoms with E-state index in [4.69, 9.17) is 7.85 Å². The minimum atomic E-state index is -3.38. The molecule has 1 atom stereocenters. The van der Waals surface area contributed by atoms with E-state index in [1.165, 1.54) is 24.3 Å². The van der Waals surface area contributed by atoms with E-state index in [2.05, 4.69) is 0 Å². The molecule has 120 valence electrons. The van der Waals surface area contributed by atoms with E-state index in [9.17, 15) is 23.0 Å². The van der Waals surface area contributed by atoms with Crippen molar-refractivity contribution < 1.29 is 23.0 Å². The van der Waals surface area contributed by atoms with Gasteiger partial charge >= 0.3 is 0 Å². The molecule has 2 radical (unpaired) electrons. The lowest BCUT2D eigenvalue weighted by Gasteiger charge is -2.14. The van der Waals surface area contributed by atoms with Crippen molar-refractivity contribution in [3.8, 4) is 0 Å². The summed E-state index contributed by atoms with van der Waals surface area (Å²) in [7, 11) is 2.05. The van der Waals surface area contributed by atoms with E-state index in [0.717, 1.165) is 24.1 Å². The van der Waals surface area contributed by atoms with Gasteiger partial charge in [-0.1, -0.05) is 11.8 Å². The predicted octanol–water partition coefficient (Wildman–Crippen LogP) is 2.03. The molecule has 2 aromatic carbocycles.